The maximum Gasteiger partial charge on any atom is 0.0406 e. The Kier molecular flexibility index (Phi) is 3.17. The van der Waals surface area contributed by atoms with Gasteiger partial charge in [0.25, 0.3) is 0 Å². The van der Waals surface area contributed by atoms with Gasteiger partial charge >= 0.3 is 0 Å². The zero-order chi connectivity index (χ0) is 14.2. The summed E-state index contributed by atoms with van der Waals surface area (Å²) in [6.07, 6.45) is 3.33. The number of hydrogen-bond donors (Lipinski definition) is 0. The summed E-state index contributed by atoms with van der Waals surface area (Å²) in [5.41, 5.74) is 6.72. The average molecular weight is 309 g/mol. The van der Waals surface area contributed by atoms with Crippen LogP contribution < -0.4 is 0 Å². The third-order valence-corrected chi connectivity index (χ3v) is 5.10. The molecule has 1 aromatic heterocycles. The Hall–Kier alpha value is -1.83. The highest BCUT2D eigenvalue weighted by Gasteiger charge is 2.18. The van der Waals surface area contributed by atoms with Crippen LogP contribution in [0, 0.1) is 0 Å². The molecule has 102 valence electrons. The molecule has 0 saturated carbocycles. The summed E-state index contributed by atoms with van der Waals surface area (Å²) >= 11 is 7.81. The Morgan fingerprint density at radius 2 is 1.76 bits per heavy atom. The molecule has 0 radical (unpaired) electrons. The van der Waals surface area contributed by atoms with E-state index in [9.17, 15) is 0 Å². The van der Waals surface area contributed by atoms with Crippen molar-refractivity contribution in [2.24, 2.45) is 0 Å². The Bertz CT molecular complexity index is 811. The standard InChI is InChI=1S/C19H13ClS/c20-16-8-6-13(7-9-16)17-4-1-3-14-11-15(12-18(14)17)19-5-2-10-21-19/h1-11H,12H2. The molecule has 0 saturated heterocycles. The molecule has 0 nitrogen and oxygen atoms in total. The van der Waals surface area contributed by atoms with Crippen LogP contribution >= 0.6 is 22.9 Å². The minimum Gasteiger partial charge on any atom is -0.144 e. The van der Waals surface area contributed by atoms with Crippen molar-refractivity contribution >= 4 is 34.6 Å². The van der Waals surface area contributed by atoms with Crippen LogP contribution in [0.2, 0.25) is 5.02 Å². The smallest absolute Gasteiger partial charge is 0.0406 e. The summed E-state index contributed by atoms with van der Waals surface area (Å²) in [5.74, 6) is 0. The summed E-state index contributed by atoms with van der Waals surface area (Å²) < 4.78 is 0. The second-order valence-corrected chi connectivity index (χ2v) is 6.59. The third-order valence-electron chi connectivity index (χ3n) is 3.90. The molecule has 2 heteroatoms. The van der Waals surface area contributed by atoms with Crippen LogP contribution in [0.5, 0.6) is 0 Å². The van der Waals surface area contributed by atoms with Crippen LogP contribution in [-0.4, -0.2) is 0 Å². The SMILES string of the molecule is Clc1ccc(-c2cccc3c2CC(c2cccs2)=C3)cc1. The number of benzene rings is 2. The molecule has 0 bridgehead atoms. The second-order valence-electron chi connectivity index (χ2n) is 5.20. The summed E-state index contributed by atoms with van der Waals surface area (Å²) in [4.78, 5) is 1.37. The van der Waals surface area contributed by atoms with Gasteiger partial charge in [-0.1, -0.05) is 48.0 Å². The molecule has 3 aromatic rings. The lowest BCUT2D eigenvalue weighted by atomic mass is 9.96. The number of halogens is 1. The number of allylic oxidation sites excluding steroid dienone is 1. The minimum atomic E-state index is 0.781. The average Bonchev–Trinajstić information content (AvgIpc) is 3.16. The predicted molar refractivity (Wildman–Crippen MR) is 92.8 cm³/mol. The number of rotatable bonds is 2. The number of fused-ring (bicyclic) bond motifs is 1. The van der Waals surface area contributed by atoms with E-state index in [4.69, 9.17) is 11.6 Å². The van der Waals surface area contributed by atoms with E-state index in [-0.39, 0.29) is 0 Å². The van der Waals surface area contributed by atoms with E-state index in [1.807, 2.05) is 23.5 Å². The Morgan fingerprint density at radius 3 is 2.52 bits per heavy atom. The van der Waals surface area contributed by atoms with E-state index in [0.29, 0.717) is 0 Å². The van der Waals surface area contributed by atoms with E-state index in [0.717, 1.165) is 11.4 Å². The molecule has 0 N–H and O–H groups in total. The molecule has 1 heterocycles. The summed E-state index contributed by atoms with van der Waals surface area (Å²) in [6, 6.07) is 19.0. The fourth-order valence-electron chi connectivity index (χ4n) is 2.89. The first kappa shape index (κ1) is 12.9. The van der Waals surface area contributed by atoms with E-state index >= 15 is 0 Å². The van der Waals surface area contributed by atoms with Crippen LogP contribution in [0.1, 0.15) is 16.0 Å². The van der Waals surface area contributed by atoms with Gasteiger partial charge in [0, 0.05) is 16.3 Å². The lowest BCUT2D eigenvalue weighted by Crippen LogP contribution is -1.89. The first-order valence-electron chi connectivity index (χ1n) is 6.93. The van der Waals surface area contributed by atoms with Gasteiger partial charge in [-0.25, -0.2) is 0 Å². The Morgan fingerprint density at radius 1 is 0.905 bits per heavy atom. The van der Waals surface area contributed by atoms with Crippen molar-refractivity contribution in [3.8, 4) is 11.1 Å². The lowest BCUT2D eigenvalue weighted by molar-refractivity contribution is 1.33. The maximum absolute atomic E-state index is 6.00. The van der Waals surface area contributed by atoms with Gasteiger partial charge in [-0.2, -0.15) is 0 Å². The van der Waals surface area contributed by atoms with Crippen LogP contribution in [0.15, 0.2) is 60.0 Å². The molecule has 0 fully saturated rings. The minimum absolute atomic E-state index is 0.781. The highest BCUT2D eigenvalue weighted by Crippen LogP contribution is 2.38. The monoisotopic (exact) mass is 308 g/mol. The number of thiophene rings is 1. The predicted octanol–water partition coefficient (Wildman–Crippen LogP) is 6.17. The van der Waals surface area contributed by atoms with Gasteiger partial charge in [-0.05, 0) is 57.5 Å². The Labute approximate surface area is 133 Å². The maximum atomic E-state index is 6.00. The van der Waals surface area contributed by atoms with Crippen molar-refractivity contribution in [2.45, 2.75) is 6.42 Å². The van der Waals surface area contributed by atoms with Crippen LogP contribution in [-0.2, 0) is 6.42 Å². The van der Waals surface area contributed by atoms with Crippen molar-refractivity contribution in [3.05, 3.63) is 81.0 Å². The van der Waals surface area contributed by atoms with Gasteiger partial charge in [0.15, 0.2) is 0 Å². The summed E-state index contributed by atoms with van der Waals surface area (Å²) in [6.45, 7) is 0. The molecule has 0 spiro atoms. The van der Waals surface area contributed by atoms with E-state index in [1.165, 1.54) is 32.7 Å². The first-order chi connectivity index (χ1) is 10.3. The third kappa shape index (κ3) is 2.33. The quantitative estimate of drug-likeness (QED) is 0.531. The molecule has 0 unspecified atom stereocenters. The van der Waals surface area contributed by atoms with Gasteiger partial charge in [-0.3, -0.25) is 0 Å². The fourth-order valence-corrected chi connectivity index (χ4v) is 3.76. The van der Waals surface area contributed by atoms with Crippen molar-refractivity contribution in [3.63, 3.8) is 0 Å². The van der Waals surface area contributed by atoms with Crippen LogP contribution in [0.3, 0.4) is 0 Å². The Balaban J connectivity index is 1.77. The molecular formula is C19H13ClS. The van der Waals surface area contributed by atoms with E-state index in [1.54, 1.807) is 0 Å². The molecule has 2 aromatic carbocycles. The fraction of sp³-hybridized carbons (Fsp3) is 0.0526. The normalized spacial score (nSPS) is 13.1. The molecular weight excluding hydrogens is 296 g/mol. The summed E-state index contributed by atoms with van der Waals surface area (Å²) in [5, 5.41) is 2.92. The van der Waals surface area contributed by atoms with Gasteiger partial charge < -0.3 is 0 Å². The van der Waals surface area contributed by atoms with Crippen molar-refractivity contribution in [1.82, 2.24) is 0 Å². The second kappa shape index (κ2) is 5.18. The highest BCUT2D eigenvalue weighted by molar-refractivity contribution is 7.11. The molecule has 4 rings (SSSR count). The molecule has 0 aliphatic heterocycles. The van der Waals surface area contributed by atoms with Crippen molar-refractivity contribution in [2.75, 3.05) is 0 Å². The van der Waals surface area contributed by atoms with Gasteiger partial charge in [0.05, 0.1) is 0 Å². The van der Waals surface area contributed by atoms with Crippen molar-refractivity contribution in [1.29, 1.82) is 0 Å². The largest absolute Gasteiger partial charge is 0.144 e. The lowest BCUT2D eigenvalue weighted by Gasteiger charge is -2.09. The van der Waals surface area contributed by atoms with Gasteiger partial charge in [0.2, 0.25) is 0 Å². The molecule has 1 aliphatic carbocycles. The van der Waals surface area contributed by atoms with E-state index in [2.05, 4.69) is 53.9 Å². The van der Waals surface area contributed by atoms with Crippen LogP contribution in [0.25, 0.3) is 22.8 Å². The van der Waals surface area contributed by atoms with Gasteiger partial charge in [0.1, 0.15) is 0 Å². The molecule has 21 heavy (non-hydrogen) atoms. The first-order valence-corrected chi connectivity index (χ1v) is 8.19. The van der Waals surface area contributed by atoms with E-state index < -0.39 is 0 Å². The molecule has 0 atom stereocenters. The van der Waals surface area contributed by atoms with Crippen LogP contribution in [0.4, 0.5) is 0 Å². The molecule has 1 aliphatic rings. The van der Waals surface area contributed by atoms with Gasteiger partial charge in [-0.15, -0.1) is 11.3 Å². The zero-order valence-corrected chi connectivity index (χ0v) is 12.9. The highest BCUT2D eigenvalue weighted by atomic mass is 35.5. The number of hydrogen-bond acceptors (Lipinski definition) is 1. The van der Waals surface area contributed by atoms with Crippen molar-refractivity contribution < 1.29 is 0 Å². The zero-order valence-electron chi connectivity index (χ0n) is 11.3. The topological polar surface area (TPSA) is 0 Å². The molecule has 0 amide bonds. The summed E-state index contributed by atoms with van der Waals surface area (Å²) in [7, 11) is 0.